The lowest BCUT2D eigenvalue weighted by Gasteiger charge is -2.08. The minimum absolute atomic E-state index is 0.379. The molecule has 8 rings (SSSR count). The minimum Gasteiger partial charge on any atom is -0.456 e. The molecule has 0 aliphatic rings. The van der Waals surface area contributed by atoms with Gasteiger partial charge in [-0.25, -0.2) is 4.99 Å². The Morgan fingerprint density at radius 3 is 2.22 bits per heavy atom. The van der Waals surface area contributed by atoms with Crippen molar-refractivity contribution in [1.29, 1.82) is 0 Å². The second-order valence-corrected chi connectivity index (χ2v) is 11.3. The number of furan rings is 2. The van der Waals surface area contributed by atoms with Crippen LogP contribution in [-0.2, 0) is 6.54 Å². The van der Waals surface area contributed by atoms with E-state index in [9.17, 15) is 0 Å². The Hall–Kier alpha value is -5.65. The van der Waals surface area contributed by atoms with Gasteiger partial charge in [-0.3, -0.25) is 4.99 Å². The Morgan fingerprint density at radius 2 is 1.36 bits per heavy atom. The van der Waals surface area contributed by atoms with Crippen molar-refractivity contribution in [2.75, 3.05) is 0 Å². The van der Waals surface area contributed by atoms with E-state index in [1.54, 1.807) is 0 Å². The molecule has 0 unspecified atom stereocenters. The fourth-order valence-electron chi connectivity index (χ4n) is 5.92. The highest BCUT2D eigenvalue weighted by molar-refractivity contribution is 6.31. The molecule has 8 aromatic rings. The molecule has 0 atom stereocenters. The minimum atomic E-state index is 0.379. The van der Waals surface area contributed by atoms with Crippen molar-refractivity contribution in [3.8, 4) is 11.1 Å². The van der Waals surface area contributed by atoms with Gasteiger partial charge in [-0.15, -0.1) is 0 Å². The van der Waals surface area contributed by atoms with Crippen LogP contribution in [0.3, 0.4) is 0 Å². The van der Waals surface area contributed by atoms with E-state index in [0.717, 1.165) is 71.7 Å². The molecule has 0 saturated carbocycles. The van der Waals surface area contributed by atoms with Gasteiger partial charge in [-0.05, 0) is 41.5 Å². The van der Waals surface area contributed by atoms with Gasteiger partial charge in [-0.2, -0.15) is 0 Å². The average Bonchev–Trinajstić information content (AvgIpc) is 3.65. The van der Waals surface area contributed by atoms with Crippen molar-refractivity contribution in [3.05, 3.63) is 155 Å². The van der Waals surface area contributed by atoms with Crippen molar-refractivity contribution in [3.63, 3.8) is 0 Å². The number of hydrogen-bond acceptors (Lipinski definition) is 3. The predicted molar refractivity (Wildman–Crippen MR) is 185 cm³/mol. The average molecular weight is 604 g/mol. The van der Waals surface area contributed by atoms with Gasteiger partial charge in [0.1, 0.15) is 28.2 Å². The zero-order chi connectivity index (χ0) is 30.3. The number of fused-ring (bicyclic) bond motifs is 6. The number of hydrogen-bond donors (Lipinski definition) is 1. The van der Waals surface area contributed by atoms with E-state index in [1.807, 2.05) is 91.0 Å². The molecule has 0 spiro atoms. The first-order valence-corrected chi connectivity index (χ1v) is 15.0. The van der Waals surface area contributed by atoms with E-state index in [0.29, 0.717) is 23.2 Å². The van der Waals surface area contributed by atoms with E-state index in [1.165, 1.54) is 0 Å². The SMILES string of the molecule is NC(=NC(=NCc1cccc2oc3ccc(Cl)cc3c12)c1ccccc1)c1ccc(-c2cccc3c2oc2ccccc23)cc1. The van der Waals surface area contributed by atoms with Gasteiger partial charge in [0, 0.05) is 43.3 Å². The van der Waals surface area contributed by atoms with Gasteiger partial charge in [0.25, 0.3) is 0 Å². The van der Waals surface area contributed by atoms with Crippen LogP contribution < -0.4 is 5.73 Å². The third kappa shape index (κ3) is 4.93. The van der Waals surface area contributed by atoms with Crippen molar-refractivity contribution in [2.24, 2.45) is 15.7 Å². The van der Waals surface area contributed by atoms with E-state index < -0.39 is 0 Å². The molecule has 2 heterocycles. The number of benzene rings is 6. The molecule has 0 aliphatic carbocycles. The first-order valence-electron chi connectivity index (χ1n) is 14.7. The van der Waals surface area contributed by atoms with Crippen molar-refractivity contribution >= 4 is 67.1 Å². The van der Waals surface area contributed by atoms with Crippen LogP contribution in [0.1, 0.15) is 16.7 Å². The normalized spacial score (nSPS) is 12.6. The summed E-state index contributed by atoms with van der Waals surface area (Å²) in [6.07, 6.45) is 0. The monoisotopic (exact) mass is 603 g/mol. The van der Waals surface area contributed by atoms with Gasteiger partial charge in [0.15, 0.2) is 5.84 Å². The molecule has 45 heavy (non-hydrogen) atoms. The van der Waals surface area contributed by atoms with Crippen LogP contribution in [0.5, 0.6) is 0 Å². The van der Waals surface area contributed by atoms with E-state index in [4.69, 9.17) is 36.2 Å². The highest BCUT2D eigenvalue weighted by atomic mass is 35.5. The third-order valence-electron chi connectivity index (χ3n) is 8.10. The van der Waals surface area contributed by atoms with Crippen LogP contribution in [-0.4, -0.2) is 11.7 Å². The smallest absolute Gasteiger partial charge is 0.157 e. The van der Waals surface area contributed by atoms with E-state index >= 15 is 0 Å². The lowest BCUT2D eigenvalue weighted by Crippen LogP contribution is -2.16. The number of nitrogens with zero attached hydrogens (tertiary/aromatic N) is 2. The first-order chi connectivity index (χ1) is 22.1. The van der Waals surface area contributed by atoms with Gasteiger partial charge < -0.3 is 14.6 Å². The maximum absolute atomic E-state index is 6.62. The Bertz CT molecular complexity index is 2420. The zero-order valence-corrected chi connectivity index (χ0v) is 24.8. The number of rotatable bonds is 5. The summed E-state index contributed by atoms with van der Waals surface area (Å²) in [4.78, 5) is 9.81. The molecule has 2 aromatic heterocycles. The second kappa shape index (κ2) is 11.1. The summed E-state index contributed by atoms with van der Waals surface area (Å²) < 4.78 is 12.3. The maximum atomic E-state index is 6.62. The molecular formula is C39H26ClN3O2. The largest absolute Gasteiger partial charge is 0.456 e. The van der Waals surface area contributed by atoms with Crippen LogP contribution >= 0.6 is 11.6 Å². The quantitative estimate of drug-likeness (QED) is 0.157. The molecule has 6 aromatic carbocycles. The molecule has 0 fully saturated rings. The molecule has 0 amide bonds. The van der Waals surface area contributed by atoms with Gasteiger partial charge >= 0.3 is 0 Å². The second-order valence-electron chi connectivity index (χ2n) is 10.9. The molecule has 0 radical (unpaired) electrons. The number of amidine groups is 2. The Balaban J connectivity index is 1.15. The summed E-state index contributed by atoms with van der Waals surface area (Å²) in [5.41, 5.74) is 14.7. The fraction of sp³-hybridized carbons (Fsp3) is 0.0256. The molecule has 6 heteroatoms. The summed E-state index contributed by atoms with van der Waals surface area (Å²) >= 11 is 6.33. The summed E-state index contributed by atoms with van der Waals surface area (Å²) in [6.45, 7) is 0.389. The molecule has 0 aliphatic heterocycles. The fourth-order valence-corrected chi connectivity index (χ4v) is 6.09. The van der Waals surface area contributed by atoms with Crippen LogP contribution in [0.25, 0.3) is 55.0 Å². The first kappa shape index (κ1) is 26.9. The van der Waals surface area contributed by atoms with Crippen molar-refractivity contribution < 1.29 is 8.83 Å². The van der Waals surface area contributed by atoms with Gasteiger partial charge in [-0.1, -0.05) is 115 Å². The third-order valence-corrected chi connectivity index (χ3v) is 8.33. The van der Waals surface area contributed by atoms with Crippen LogP contribution in [0.15, 0.2) is 152 Å². The van der Waals surface area contributed by atoms with E-state index in [2.05, 4.69) is 42.5 Å². The van der Waals surface area contributed by atoms with Crippen molar-refractivity contribution in [1.82, 2.24) is 0 Å². The Morgan fingerprint density at radius 1 is 0.622 bits per heavy atom. The molecule has 0 bridgehead atoms. The standard InChI is InChI=1S/C39H26ClN3O2/c40-28-20-21-34-32(22-28)36-27(10-6-15-35(36)44-34)23-42-39(26-8-2-1-3-9-26)43-38(41)25-18-16-24(17-19-25)29-12-7-13-31-30-11-4-5-14-33(30)45-37(29)31/h1-22H,23H2,(H2,41,42,43). The zero-order valence-electron chi connectivity index (χ0n) is 24.1. The molecule has 2 N–H and O–H groups in total. The Labute approximate surface area is 263 Å². The van der Waals surface area contributed by atoms with Crippen molar-refractivity contribution in [2.45, 2.75) is 6.54 Å². The van der Waals surface area contributed by atoms with Gasteiger partial charge in [0.2, 0.25) is 0 Å². The molecule has 0 saturated heterocycles. The molecular weight excluding hydrogens is 578 g/mol. The summed E-state index contributed by atoms with van der Waals surface area (Å²) in [7, 11) is 0. The summed E-state index contributed by atoms with van der Waals surface area (Å²) in [5, 5.41) is 4.82. The van der Waals surface area contributed by atoms with Gasteiger partial charge in [0.05, 0.1) is 6.54 Å². The number of nitrogens with two attached hydrogens (primary N) is 1. The number of para-hydroxylation sites is 2. The van der Waals surface area contributed by atoms with Crippen LogP contribution in [0.4, 0.5) is 0 Å². The molecule has 5 nitrogen and oxygen atoms in total. The van der Waals surface area contributed by atoms with E-state index in [-0.39, 0.29) is 0 Å². The predicted octanol–water partition coefficient (Wildman–Crippen LogP) is 10.2. The lowest BCUT2D eigenvalue weighted by atomic mass is 10.0. The maximum Gasteiger partial charge on any atom is 0.157 e. The topological polar surface area (TPSA) is 77.0 Å². The molecule has 216 valence electrons. The number of halogens is 1. The highest BCUT2D eigenvalue weighted by Crippen LogP contribution is 2.36. The Kier molecular flexibility index (Phi) is 6.66. The number of aliphatic imine (C=N–C) groups is 2. The van der Waals surface area contributed by atoms with Crippen LogP contribution in [0, 0.1) is 0 Å². The summed E-state index contributed by atoms with van der Waals surface area (Å²) in [6, 6.07) is 44.0. The summed E-state index contributed by atoms with van der Waals surface area (Å²) in [5.74, 6) is 0.928. The van der Waals surface area contributed by atoms with Crippen LogP contribution in [0.2, 0.25) is 5.02 Å². The highest BCUT2D eigenvalue weighted by Gasteiger charge is 2.14. The lowest BCUT2D eigenvalue weighted by molar-refractivity contribution is 0.668.